The van der Waals surface area contributed by atoms with E-state index < -0.39 is 0 Å². The maximum atomic E-state index is 6.64. The van der Waals surface area contributed by atoms with Gasteiger partial charge >= 0.3 is 0 Å². The molecular formula is C21H22N2O. The van der Waals surface area contributed by atoms with Gasteiger partial charge < -0.3 is 10.3 Å². The molecule has 0 aliphatic heterocycles. The van der Waals surface area contributed by atoms with E-state index in [2.05, 4.69) is 59.8 Å². The van der Waals surface area contributed by atoms with E-state index in [1.165, 1.54) is 16.7 Å². The van der Waals surface area contributed by atoms with Crippen molar-refractivity contribution in [3.05, 3.63) is 89.3 Å². The van der Waals surface area contributed by atoms with Crippen LogP contribution in [0, 0.1) is 5.92 Å². The number of fused-ring (bicyclic) bond motifs is 1. The smallest absolute Gasteiger partial charge is 0.154 e. The first-order valence-corrected chi connectivity index (χ1v) is 8.61. The number of aromatic nitrogens is 1. The molecule has 2 aromatic carbocycles. The van der Waals surface area contributed by atoms with E-state index in [4.69, 9.17) is 10.3 Å². The Morgan fingerprint density at radius 3 is 2.62 bits per heavy atom. The molecule has 3 nitrogen and oxygen atoms in total. The Morgan fingerprint density at radius 2 is 1.83 bits per heavy atom. The second-order valence-electron chi connectivity index (χ2n) is 6.65. The molecular weight excluding hydrogens is 296 g/mol. The van der Waals surface area contributed by atoms with Crippen LogP contribution in [0.25, 0.3) is 0 Å². The lowest BCUT2D eigenvalue weighted by Gasteiger charge is -2.36. The molecule has 24 heavy (non-hydrogen) atoms. The SMILES string of the molecule is NC(c1ccno1)C1c2ccccc2CCC1Cc1ccccc1. The Balaban J connectivity index is 1.70. The maximum Gasteiger partial charge on any atom is 0.154 e. The second-order valence-corrected chi connectivity index (χ2v) is 6.65. The van der Waals surface area contributed by atoms with Crippen molar-refractivity contribution >= 4 is 0 Å². The molecule has 0 spiro atoms. The average Bonchev–Trinajstić information content (AvgIpc) is 3.17. The highest BCUT2D eigenvalue weighted by Gasteiger charge is 2.35. The summed E-state index contributed by atoms with van der Waals surface area (Å²) in [5.74, 6) is 1.53. The van der Waals surface area contributed by atoms with E-state index in [0.717, 1.165) is 25.0 Å². The van der Waals surface area contributed by atoms with Crippen molar-refractivity contribution in [1.29, 1.82) is 0 Å². The summed E-state index contributed by atoms with van der Waals surface area (Å²) in [7, 11) is 0. The van der Waals surface area contributed by atoms with Crippen LogP contribution in [0.5, 0.6) is 0 Å². The summed E-state index contributed by atoms with van der Waals surface area (Å²) in [6, 6.07) is 21.1. The minimum absolute atomic E-state index is 0.164. The van der Waals surface area contributed by atoms with Gasteiger partial charge in [-0.2, -0.15) is 0 Å². The fraction of sp³-hybridized carbons (Fsp3) is 0.286. The highest BCUT2D eigenvalue weighted by molar-refractivity contribution is 5.36. The van der Waals surface area contributed by atoms with Crippen molar-refractivity contribution in [2.75, 3.05) is 0 Å². The molecule has 1 aliphatic carbocycles. The number of benzene rings is 2. The minimum Gasteiger partial charge on any atom is -0.360 e. The first-order valence-electron chi connectivity index (χ1n) is 8.61. The topological polar surface area (TPSA) is 52.0 Å². The van der Waals surface area contributed by atoms with Crippen LogP contribution >= 0.6 is 0 Å². The lowest BCUT2D eigenvalue weighted by molar-refractivity contribution is 0.279. The molecule has 3 atom stereocenters. The summed E-state index contributed by atoms with van der Waals surface area (Å²) in [6.07, 6.45) is 4.99. The third-order valence-corrected chi connectivity index (χ3v) is 5.22. The van der Waals surface area contributed by atoms with Crippen molar-refractivity contribution in [2.24, 2.45) is 11.7 Å². The van der Waals surface area contributed by atoms with Gasteiger partial charge in [-0.3, -0.25) is 0 Å². The molecule has 0 radical (unpaired) electrons. The zero-order chi connectivity index (χ0) is 16.4. The number of hydrogen-bond acceptors (Lipinski definition) is 3. The van der Waals surface area contributed by atoms with Crippen molar-refractivity contribution in [3.63, 3.8) is 0 Å². The molecule has 0 saturated carbocycles. The fourth-order valence-corrected chi connectivity index (χ4v) is 4.07. The normalized spacial score (nSPS) is 21.2. The first kappa shape index (κ1) is 15.2. The van der Waals surface area contributed by atoms with Crippen molar-refractivity contribution in [1.82, 2.24) is 5.16 Å². The molecule has 0 amide bonds. The predicted molar refractivity (Wildman–Crippen MR) is 94.6 cm³/mol. The maximum absolute atomic E-state index is 6.64. The molecule has 3 unspecified atom stereocenters. The highest BCUT2D eigenvalue weighted by Crippen LogP contribution is 2.44. The van der Waals surface area contributed by atoms with Gasteiger partial charge in [-0.15, -0.1) is 0 Å². The monoisotopic (exact) mass is 318 g/mol. The van der Waals surface area contributed by atoms with Gasteiger partial charge in [0.05, 0.1) is 12.2 Å². The van der Waals surface area contributed by atoms with Gasteiger partial charge in [0.25, 0.3) is 0 Å². The quantitative estimate of drug-likeness (QED) is 0.782. The zero-order valence-corrected chi connectivity index (χ0v) is 13.6. The van der Waals surface area contributed by atoms with E-state index in [1.807, 2.05) is 6.07 Å². The van der Waals surface area contributed by atoms with Crippen LogP contribution in [0.3, 0.4) is 0 Å². The van der Waals surface area contributed by atoms with Gasteiger partial charge in [0.2, 0.25) is 0 Å². The van der Waals surface area contributed by atoms with Gasteiger partial charge in [-0.25, -0.2) is 0 Å². The fourth-order valence-electron chi connectivity index (χ4n) is 4.07. The molecule has 3 heteroatoms. The summed E-state index contributed by atoms with van der Waals surface area (Å²) < 4.78 is 5.39. The number of rotatable bonds is 4. The number of hydrogen-bond donors (Lipinski definition) is 1. The number of nitrogens with zero attached hydrogens (tertiary/aromatic N) is 1. The van der Waals surface area contributed by atoms with E-state index in [-0.39, 0.29) is 12.0 Å². The summed E-state index contributed by atoms with van der Waals surface area (Å²) in [6.45, 7) is 0. The highest BCUT2D eigenvalue weighted by atomic mass is 16.5. The Morgan fingerprint density at radius 1 is 1.04 bits per heavy atom. The van der Waals surface area contributed by atoms with Crippen molar-refractivity contribution < 1.29 is 4.52 Å². The first-order chi connectivity index (χ1) is 11.8. The Kier molecular flexibility index (Phi) is 4.18. The largest absolute Gasteiger partial charge is 0.360 e. The van der Waals surface area contributed by atoms with Crippen LogP contribution in [0.15, 0.2) is 71.4 Å². The van der Waals surface area contributed by atoms with Crippen molar-refractivity contribution in [3.8, 4) is 0 Å². The van der Waals surface area contributed by atoms with Gasteiger partial charge in [-0.1, -0.05) is 59.8 Å². The molecule has 0 fully saturated rings. The van der Waals surface area contributed by atoms with Crippen LogP contribution < -0.4 is 5.73 Å². The van der Waals surface area contributed by atoms with Crippen LogP contribution in [0.1, 0.15) is 40.8 Å². The van der Waals surface area contributed by atoms with Crippen LogP contribution in [0.4, 0.5) is 0 Å². The van der Waals surface area contributed by atoms with E-state index in [9.17, 15) is 0 Å². The van der Waals surface area contributed by atoms with Gasteiger partial charge in [0.15, 0.2) is 5.76 Å². The number of nitrogens with two attached hydrogens (primary N) is 1. The van der Waals surface area contributed by atoms with Gasteiger partial charge in [0, 0.05) is 12.0 Å². The predicted octanol–water partition coefficient (Wildman–Crippen LogP) is 4.26. The molecule has 1 aromatic heterocycles. The standard InChI is InChI=1S/C21H22N2O/c22-21(19-12-13-23-24-19)20-17(14-15-6-2-1-3-7-15)11-10-16-8-4-5-9-18(16)20/h1-9,12-13,17,20-21H,10-11,14,22H2. The van der Waals surface area contributed by atoms with Crippen LogP contribution in [-0.2, 0) is 12.8 Å². The molecule has 2 N–H and O–H groups in total. The molecule has 4 rings (SSSR count). The average molecular weight is 318 g/mol. The molecule has 3 aromatic rings. The van der Waals surface area contributed by atoms with Gasteiger partial charge in [-0.05, 0) is 41.9 Å². The zero-order valence-electron chi connectivity index (χ0n) is 13.6. The summed E-state index contributed by atoms with van der Waals surface area (Å²) in [5, 5.41) is 3.85. The number of aryl methyl sites for hydroxylation is 1. The summed E-state index contributed by atoms with van der Waals surface area (Å²) in [5.41, 5.74) is 10.8. The Bertz CT molecular complexity index is 783. The third-order valence-electron chi connectivity index (χ3n) is 5.22. The molecule has 1 heterocycles. The van der Waals surface area contributed by atoms with Crippen LogP contribution in [0.2, 0.25) is 0 Å². The van der Waals surface area contributed by atoms with Gasteiger partial charge in [0.1, 0.15) is 0 Å². The Hall–Kier alpha value is -2.39. The van der Waals surface area contributed by atoms with Crippen LogP contribution in [-0.4, -0.2) is 5.16 Å². The van der Waals surface area contributed by atoms with E-state index in [0.29, 0.717) is 5.92 Å². The van der Waals surface area contributed by atoms with Crippen molar-refractivity contribution in [2.45, 2.75) is 31.2 Å². The molecule has 0 bridgehead atoms. The Labute approximate surface area is 142 Å². The lowest BCUT2D eigenvalue weighted by atomic mass is 9.69. The summed E-state index contributed by atoms with van der Waals surface area (Å²) >= 11 is 0. The third kappa shape index (κ3) is 2.87. The molecule has 122 valence electrons. The second kappa shape index (κ2) is 6.62. The van der Waals surface area contributed by atoms with E-state index in [1.54, 1.807) is 6.20 Å². The minimum atomic E-state index is -0.164. The lowest BCUT2D eigenvalue weighted by Crippen LogP contribution is -2.31. The summed E-state index contributed by atoms with van der Waals surface area (Å²) in [4.78, 5) is 0. The molecule has 1 aliphatic rings. The van der Waals surface area contributed by atoms with E-state index >= 15 is 0 Å². The molecule has 0 saturated heterocycles.